The molecular weight excluding hydrogens is 309 g/mol. The normalized spacial score (nSPS) is 28.0. The standard InChI is InChI=1S/C18H26FN3O2/c19-15-6-4-13(5-7-15)12-22-8-2-1-3-16(22)18(24)21-10-14-9-20-11-17(14)23/h4-7,14,16-17,20,23H,1-3,8-12H2,(H,21,24). The Morgan fingerprint density at radius 2 is 2.08 bits per heavy atom. The molecule has 2 saturated heterocycles. The Labute approximate surface area is 142 Å². The minimum atomic E-state index is -0.382. The average Bonchev–Trinajstić information content (AvgIpc) is 3.00. The summed E-state index contributed by atoms with van der Waals surface area (Å²) in [6.45, 7) is 3.38. The Bertz CT molecular complexity index is 552. The van der Waals surface area contributed by atoms with Crippen molar-refractivity contribution in [2.45, 2.75) is 38.0 Å². The van der Waals surface area contributed by atoms with Gasteiger partial charge in [-0.05, 0) is 37.1 Å². The molecule has 3 rings (SSSR count). The fourth-order valence-electron chi connectivity index (χ4n) is 3.58. The van der Waals surface area contributed by atoms with E-state index < -0.39 is 0 Å². The second-order valence-corrected chi connectivity index (χ2v) is 6.84. The summed E-state index contributed by atoms with van der Waals surface area (Å²) in [6, 6.07) is 6.33. The predicted molar refractivity (Wildman–Crippen MR) is 89.8 cm³/mol. The van der Waals surface area contributed by atoms with Gasteiger partial charge in [0.15, 0.2) is 0 Å². The van der Waals surface area contributed by atoms with E-state index >= 15 is 0 Å². The number of carbonyl (C=O) groups excluding carboxylic acids is 1. The monoisotopic (exact) mass is 335 g/mol. The first-order valence-electron chi connectivity index (χ1n) is 8.78. The number of halogens is 1. The molecule has 3 N–H and O–H groups in total. The van der Waals surface area contributed by atoms with Crippen molar-refractivity contribution in [2.24, 2.45) is 5.92 Å². The SMILES string of the molecule is O=C(NCC1CNCC1O)C1CCCCN1Cc1ccc(F)cc1. The molecule has 132 valence electrons. The van der Waals surface area contributed by atoms with Gasteiger partial charge in [-0.2, -0.15) is 0 Å². The van der Waals surface area contributed by atoms with Crippen LogP contribution < -0.4 is 10.6 Å². The van der Waals surface area contributed by atoms with Crippen molar-refractivity contribution in [1.82, 2.24) is 15.5 Å². The molecule has 5 nitrogen and oxygen atoms in total. The van der Waals surface area contributed by atoms with Crippen molar-refractivity contribution in [3.63, 3.8) is 0 Å². The summed E-state index contributed by atoms with van der Waals surface area (Å²) in [5, 5.41) is 16.0. The van der Waals surface area contributed by atoms with E-state index in [0.717, 1.165) is 37.9 Å². The minimum absolute atomic E-state index is 0.0379. The highest BCUT2D eigenvalue weighted by Gasteiger charge is 2.30. The van der Waals surface area contributed by atoms with Crippen molar-refractivity contribution in [3.8, 4) is 0 Å². The third kappa shape index (κ3) is 4.32. The van der Waals surface area contributed by atoms with E-state index in [-0.39, 0.29) is 29.8 Å². The molecule has 2 aliphatic heterocycles. The van der Waals surface area contributed by atoms with Crippen LogP contribution in [0.25, 0.3) is 0 Å². The van der Waals surface area contributed by atoms with Gasteiger partial charge in [0.05, 0.1) is 12.1 Å². The van der Waals surface area contributed by atoms with E-state index in [9.17, 15) is 14.3 Å². The van der Waals surface area contributed by atoms with Gasteiger partial charge < -0.3 is 15.7 Å². The van der Waals surface area contributed by atoms with E-state index in [1.807, 2.05) is 0 Å². The third-order valence-electron chi connectivity index (χ3n) is 5.06. The van der Waals surface area contributed by atoms with Crippen LogP contribution in [0.4, 0.5) is 4.39 Å². The fourth-order valence-corrected chi connectivity index (χ4v) is 3.58. The lowest BCUT2D eigenvalue weighted by atomic mass is 9.99. The Morgan fingerprint density at radius 1 is 1.29 bits per heavy atom. The van der Waals surface area contributed by atoms with Crippen LogP contribution in [0, 0.1) is 11.7 Å². The molecule has 2 fully saturated rings. The number of amides is 1. The topological polar surface area (TPSA) is 64.6 Å². The smallest absolute Gasteiger partial charge is 0.237 e. The zero-order chi connectivity index (χ0) is 16.9. The van der Waals surface area contributed by atoms with Gasteiger partial charge >= 0.3 is 0 Å². The number of carbonyl (C=O) groups is 1. The Hall–Kier alpha value is -1.50. The van der Waals surface area contributed by atoms with Gasteiger partial charge in [0.1, 0.15) is 5.82 Å². The molecule has 1 amide bonds. The highest BCUT2D eigenvalue weighted by molar-refractivity contribution is 5.81. The van der Waals surface area contributed by atoms with Gasteiger partial charge in [-0.15, -0.1) is 0 Å². The first-order chi connectivity index (χ1) is 11.6. The number of likely N-dealkylation sites (tertiary alicyclic amines) is 1. The Balaban J connectivity index is 1.56. The lowest BCUT2D eigenvalue weighted by Crippen LogP contribution is -2.50. The summed E-state index contributed by atoms with van der Waals surface area (Å²) in [5.41, 5.74) is 1.02. The van der Waals surface area contributed by atoms with Gasteiger partial charge in [-0.3, -0.25) is 9.69 Å². The van der Waals surface area contributed by atoms with Crippen molar-refractivity contribution >= 4 is 5.91 Å². The molecule has 3 unspecified atom stereocenters. The quantitative estimate of drug-likeness (QED) is 0.747. The van der Waals surface area contributed by atoms with E-state index in [4.69, 9.17) is 0 Å². The van der Waals surface area contributed by atoms with Crippen LogP contribution in [0.15, 0.2) is 24.3 Å². The van der Waals surface area contributed by atoms with Crippen molar-refractivity contribution in [3.05, 3.63) is 35.6 Å². The largest absolute Gasteiger partial charge is 0.391 e. The van der Waals surface area contributed by atoms with Crippen molar-refractivity contribution in [2.75, 3.05) is 26.2 Å². The first kappa shape index (κ1) is 17.3. The number of benzene rings is 1. The number of hydrogen-bond acceptors (Lipinski definition) is 4. The van der Waals surface area contributed by atoms with Crippen molar-refractivity contribution in [1.29, 1.82) is 0 Å². The molecule has 0 spiro atoms. The second kappa shape index (κ2) is 8.05. The number of nitrogens with one attached hydrogen (secondary N) is 2. The molecule has 1 aromatic carbocycles. The molecular formula is C18H26FN3O2. The van der Waals surface area contributed by atoms with Crippen molar-refractivity contribution < 1.29 is 14.3 Å². The van der Waals surface area contributed by atoms with Crippen LogP contribution in [-0.2, 0) is 11.3 Å². The van der Waals surface area contributed by atoms with E-state index in [2.05, 4.69) is 15.5 Å². The highest BCUT2D eigenvalue weighted by Crippen LogP contribution is 2.20. The summed E-state index contributed by atoms with van der Waals surface area (Å²) in [6.07, 6.45) is 2.59. The Morgan fingerprint density at radius 3 is 2.79 bits per heavy atom. The van der Waals surface area contributed by atoms with Crippen LogP contribution in [0.1, 0.15) is 24.8 Å². The third-order valence-corrected chi connectivity index (χ3v) is 5.06. The summed E-state index contributed by atoms with van der Waals surface area (Å²) in [5.74, 6) is -0.116. The molecule has 24 heavy (non-hydrogen) atoms. The summed E-state index contributed by atoms with van der Waals surface area (Å²) < 4.78 is 13.0. The highest BCUT2D eigenvalue weighted by atomic mass is 19.1. The molecule has 3 atom stereocenters. The van der Waals surface area contributed by atoms with E-state index in [1.54, 1.807) is 12.1 Å². The maximum absolute atomic E-state index is 13.0. The molecule has 6 heteroatoms. The second-order valence-electron chi connectivity index (χ2n) is 6.84. The molecule has 0 radical (unpaired) electrons. The predicted octanol–water partition coefficient (Wildman–Crippen LogP) is 0.877. The zero-order valence-electron chi connectivity index (χ0n) is 13.9. The number of piperidine rings is 1. The van der Waals surface area contributed by atoms with E-state index in [1.165, 1.54) is 12.1 Å². The molecule has 0 bridgehead atoms. The number of aliphatic hydroxyl groups excluding tert-OH is 1. The number of aliphatic hydroxyl groups is 1. The van der Waals surface area contributed by atoms with Gasteiger partial charge in [-0.1, -0.05) is 18.6 Å². The average molecular weight is 335 g/mol. The summed E-state index contributed by atoms with van der Waals surface area (Å²) in [4.78, 5) is 14.8. The molecule has 0 saturated carbocycles. The lowest BCUT2D eigenvalue weighted by molar-refractivity contribution is -0.128. The summed E-state index contributed by atoms with van der Waals surface area (Å²) in [7, 11) is 0. The number of β-amino-alcohol motifs (C(OH)–C–C–N with tert-alkyl or cyclic N) is 1. The lowest BCUT2D eigenvalue weighted by Gasteiger charge is -2.35. The molecule has 2 heterocycles. The van der Waals surface area contributed by atoms with Gasteiger partial charge in [0, 0.05) is 32.1 Å². The van der Waals surface area contributed by atoms with Crippen LogP contribution in [0.2, 0.25) is 0 Å². The van der Waals surface area contributed by atoms with Gasteiger partial charge in [-0.25, -0.2) is 4.39 Å². The maximum atomic E-state index is 13.0. The van der Waals surface area contributed by atoms with Crippen LogP contribution in [0.5, 0.6) is 0 Å². The number of rotatable bonds is 5. The van der Waals surface area contributed by atoms with E-state index in [0.29, 0.717) is 19.6 Å². The maximum Gasteiger partial charge on any atom is 0.237 e. The molecule has 0 aliphatic carbocycles. The van der Waals surface area contributed by atoms with Crippen LogP contribution in [0.3, 0.4) is 0 Å². The minimum Gasteiger partial charge on any atom is -0.391 e. The number of nitrogens with zero attached hydrogens (tertiary/aromatic N) is 1. The molecule has 0 aromatic heterocycles. The Kier molecular flexibility index (Phi) is 5.81. The summed E-state index contributed by atoms with van der Waals surface area (Å²) >= 11 is 0. The molecule has 1 aromatic rings. The zero-order valence-corrected chi connectivity index (χ0v) is 13.9. The van der Waals surface area contributed by atoms with Gasteiger partial charge in [0.2, 0.25) is 5.91 Å². The van der Waals surface area contributed by atoms with Crippen LogP contribution in [-0.4, -0.2) is 54.2 Å². The first-order valence-corrected chi connectivity index (χ1v) is 8.78. The molecule has 2 aliphatic rings. The fraction of sp³-hybridized carbons (Fsp3) is 0.611. The number of hydrogen-bond donors (Lipinski definition) is 3. The van der Waals surface area contributed by atoms with Crippen LogP contribution >= 0.6 is 0 Å². The van der Waals surface area contributed by atoms with Gasteiger partial charge in [0.25, 0.3) is 0 Å².